The Labute approximate surface area is 96.0 Å². The van der Waals surface area contributed by atoms with E-state index < -0.39 is 0 Å². The molecule has 0 aromatic carbocycles. The van der Waals surface area contributed by atoms with E-state index in [1.165, 1.54) is 0 Å². The van der Waals surface area contributed by atoms with Gasteiger partial charge >= 0.3 is 0 Å². The Kier molecular flexibility index (Phi) is 3.73. The van der Waals surface area contributed by atoms with Crippen molar-refractivity contribution in [2.75, 3.05) is 6.54 Å². The van der Waals surface area contributed by atoms with Gasteiger partial charge < -0.3 is 5.32 Å². The van der Waals surface area contributed by atoms with E-state index in [1.807, 2.05) is 27.8 Å². The maximum Gasteiger partial charge on any atom is 0.228 e. The average molecular weight is 219 g/mol. The second-order valence-corrected chi connectivity index (χ2v) is 3.85. The molecule has 0 fully saturated rings. The van der Waals surface area contributed by atoms with Crippen molar-refractivity contribution in [1.29, 1.82) is 0 Å². The van der Waals surface area contributed by atoms with E-state index >= 15 is 0 Å². The van der Waals surface area contributed by atoms with Gasteiger partial charge in [0, 0.05) is 18.3 Å². The van der Waals surface area contributed by atoms with Crippen molar-refractivity contribution in [2.24, 2.45) is 7.05 Å². The zero-order chi connectivity index (χ0) is 12.3. The molecular formula is C12H17N3O. The van der Waals surface area contributed by atoms with Crippen molar-refractivity contribution in [2.45, 2.75) is 26.7 Å². The summed E-state index contributed by atoms with van der Waals surface area (Å²) in [6, 6.07) is 0. The van der Waals surface area contributed by atoms with Gasteiger partial charge in [0.2, 0.25) is 5.91 Å². The van der Waals surface area contributed by atoms with Gasteiger partial charge in [-0.2, -0.15) is 5.10 Å². The van der Waals surface area contributed by atoms with Crippen LogP contribution < -0.4 is 5.32 Å². The van der Waals surface area contributed by atoms with Crippen molar-refractivity contribution in [3.8, 4) is 12.3 Å². The van der Waals surface area contributed by atoms with Crippen LogP contribution in [0.25, 0.3) is 0 Å². The maximum atomic E-state index is 11.8. The Morgan fingerprint density at radius 1 is 1.62 bits per heavy atom. The van der Waals surface area contributed by atoms with Crippen LogP contribution in [0.4, 0.5) is 0 Å². The molecule has 1 amide bonds. The molecule has 0 unspecified atom stereocenters. The highest BCUT2D eigenvalue weighted by Crippen LogP contribution is 2.22. The highest BCUT2D eigenvalue weighted by molar-refractivity contribution is 5.83. The van der Waals surface area contributed by atoms with Gasteiger partial charge in [-0.15, -0.1) is 6.42 Å². The Balaban J connectivity index is 2.92. The van der Waals surface area contributed by atoms with Crippen LogP contribution in [0.15, 0.2) is 0 Å². The highest BCUT2D eigenvalue weighted by atomic mass is 16.1. The van der Waals surface area contributed by atoms with Crippen LogP contribution >= 0.6 is 0 Å². The number of aryl methyl sites for hydroxylation is 2. The highest BCUT2D eigenvalue weighted by Gasteiger charge is 2.21. The Morgan fingerprint density at radius 2 is 2.25 bits per heavy atom. The summed E-state index contributed by atoms with van der Waals surface area (Å²) in [5.41, 5.74) is 2.89. The second kappa shape index (κ2) is 4.84. The minimum absolute atomic E-state index is 0.0582. The molecule has 4 nitrogen and oxygen atoms in total. The first kappa shape index (κ1) is 12.3. The largest absolute Gasteiger partial charge is 0.345 e. The lowest BCUT2D eigenvalue weighted by molar-refractivity contribution is -0.121. The fourth-order valence-electron chi connectivity index (χ4n) is 1.84. The predicted molar refractivity (Wildman–Crippen MR) is 62.9 cm³/mol. The molecule has 0 saturated carbocycles. The van der Waals surface area contributed by atoms with Gasteiger partial charge in [0.05, 0.1) is 18.2 Å². The monoisotopic (exact) mass is 219 g/mol. The molecule has 0 spiro atoms. The Hall–Kier alpha value is -1.76. The second-order valence-electron chi connectivity index (χ2n) is 3.85. The van der Waals surface area contributed by atoms with Crippen LogP contribution in [0.5, 0.6) is 0 Å². The molecule has 4 heteroatoms. The fourth-order valence-corrected chi connectivity index (χ4v) is 1.84. The summed E-state index contributed by atoms with van der Waals surface area (Å²) >= 11 is 0. The summed E-state index contributed by atoms with van der Waals surface area (Å²) in [6.45, 7) is 6.00. The van der Waals surface area contributed by atoms with E-state index in [0.717, 1.165) is 17.0 Å². The van der Waals surface area contributed by atoms with E-state index in [9.17, 15) is 4.79 Å². The third-order valence-electron chi connectivity index (χ3n) is 2.76. The number of nitrogens with zero attached hydrogens (tertiary/aromatic N) is 2. The molecule has 86 valence electrons. The molecule has 0 bridgehead atoms. The molecule has 1 N–H and O–H groups in total. The minimum atomic E-state index is -0.220. The van der Waals surface area contributed by atoms with Crippen LogP contribution in [0.3, 0.4) is 0 Å². The zero-order valence-corrected chi connectivity index (χ0v) is 10.2. The Bertz CT molecular complexity index is 440. The number of rotatable bonds is 3. The van der Waals surface area contributed by atoms with E-state index in [-0.39, 0.29) is 18.4 Å². The van der Waals surface area contributed by atoms with Gasteiger partial charge in [0.25, 0.3) is 0 Å². The first-order valence-corrected chi connectivity index (χ1v) is 5.20. The smallest absolute Gasteiger partial charge is 0.228 e. The molecule has 1 atom stereocenters. The van der Waals surface area contributed by atoms with Gasteiger partial charge in [0.1, 0.15) is 0 Å². The van der Waals surface area contributed by atoms with E-state index in [1.54, 1.807) is 4.68 Å². The molecule has 0 saturated heterocycles. The van der Waals surface area contributed by atoms with Gasteiger partial charge in [-0.1, -0.05) is 5.92 Å². The van der Waals surface area contributed by atoms with Crippen molar-refractivity contribution in [1.82, 2.24) is 15.1 Å². The quantitative estimate of drug-likeness (QED) is 0.767. The van der Waals surface area contributed by atoms with Crippen LogP contribution in [-0.4, -0.2) is 22.2 Å². The topological polar surface area (TPSA) is 46.9 Å². The lowest BCUT2D eigenvalue weighted by atomic mass is 9.98. The molecule has 1 aromatic rings. The molecule has 16 heavy (non-hydrogen) atoms. The SMILES string of the molecule is C#CCNC(=O)[C@@H](C)c1c(C)nn(C)c1C. The first-order valence-electron chi connectivity index (χ1n) is 5.20. The number of hydrogen-bond acceptors (Lipinski definition) is 2. The van der Waals surface area contributed by atoms with Crippen LogP contribution in [0.2, 0.25) is 0 Å². The third-order valence-corrected chi connectivity index (χ3v) is 2.76. The van der Waals surface area contributed by atoms with E-state index in [2.05, 4.69) is 16.3 Å². The lowest BCUT2D eigenvalue weighted by Crippen LogP contribution is -2.28. The summed E-state index contributed by atoms with van der Waals surface area (Å²) in [6.07, 6.45) is 5.10. The number of amides is 1. The van der Waals surface area contributed by atoms with Gasteiger partial charge in [-0.3, -0.25) is 9.48 Å². The van der Waals surface area contributed by atoms with Gasteiger partial charge in [-0.05, 0) is 20.8 Å². The molecular weight excluding hydrogens is 202 g/mol. The van der Waals surface area contributed by atoms with Crippen molar-refractivity contribution in [3.05, 3.63) is 17.0 Å². The number of terminal acetylenes is 1. The standard InChI is InChI=1S/C12H17N3O/c1-6-7-13-12(16)8(2)11-9(3)14-15(5)10(11)4/h1,8H,7H2,2-5H3,(H,13,16)/t8-/m0/s1. The minimum Gasteiger partial charge on any atom is -0.345 e. The van der Waals surface area contributed by atoms with Crippen LogP contribution in [-0.2, 0) is 11.8 Å². The molecule has 0 aliphatic heterocycles. The molecule has 0 aliphatic rings. The fraction of sp³-hybridized carbons (Fsp3) is 0.500. The first-order chi connectivity index (χ1) is 7.49. The van der Waals surface area contributed by atoms with Crippen LogP contribution in [0, 0.1) is 26.2 Å². The maximum absolute atomic E-state index is 11.8. The van der Waals surface area contributed by atoms with Gasteiger partial charge in [-0.25, -0.2) is 0 Å². The van der Waals surface area contributed by atoms with E-state index in [4.69, 9.17) is 6.42 Å². The van der Waals surface area contributed by atoms with Crippen LogP contribution in [0.1, 0.15) is 29.8 Å². The molecule has 1 heterocycles. The summed E-state index contributed by atoms with van der Waals surface area (Å²) in [7, 11) is 1.87. The molecule has 0 aliphatic carbocycles. The summed E-state index contributed by atoms with van der Waals surface area (Å²) in [5.74, 6) is 2.11. The van der Waals surface area contributed by atoms with Crippen molar-refractivity contribution < 1.29 is 4.79 Å². The summed E-state index contributed by atoms with van der Waals surface area (Å²) in [5, 5.41) is 6.97. The third kappa shape index (κ3) is 2.25. The number of hydrogen-bond donors (Lipinski definition) is 1. The predicted octanol–water partition coefficient (Wildman–Crippen LogP) is 0.890. The van der Waals surface area contributed by atoms with Gasteiger partial charge in [0.15, 0.2) is 0 Å². The molecule has 0 radical (unpaired) electrons. The summed E-state index contributed by atoms with van der Waals surface area (Å²) in [4.78, 5) is 11.8. The number of nitrogens with one attached hydrogen (secondary N) is 1. The lowest BCUT2D eigenvalue weighted by Gasteiger charge is -2.11. The van der Waals surface area contributed by atoms with E-state index in [0.29, 0.717) is 0 Å². The molecule has 1 rings (SSSR count). The number of carbonyl (C=O) groups is 1. The average Bonchev–Trinajstić information content (AvgIpc) is 2.49. The number of carbonyl (C=O) groups excluding carboxylic acids is 1. The summed E-state index contributed by atoms with van der Waals surface area (Å²) < 4.78 is 1.79. The van der Waals surface area contributed by atoms with Crippen molar-refractivity contribution in [3.63, 3.8) is 0 Å². The zero-order valence-electron chi connectivity index (χ0n) is 10.2. The van der Waals surface area contributed by atoms with Crippen molar-refractivity contribution >= 4 is 5.91 Å². The molecule has 1 aromatic heterocycles. The normalized spacial score (nSPS) is 11.9. The number of aromatic nitrogens is 2. The Morgan fingerprint density at radius 3 is 2.69 bits per heavy atom.